The van der Waals surface area contributed by atoms with Gasteiger partial charge in [-0.2, -0.15) is 0 Å². The van der Waals surface area contributed by atoms with Gasteiger partial charge < -0.3 is 15.6 Å². The van der Waals surface area contributed by atoms with Crippen molar-refractivity contribution < 1.29 is 23.0 Å². The Morgan fingerprint density at radius 1 is 1.21 bits per heavy atom. The molecule has 3 rings (SSSR count). The first-order chi connectivity index (χ1) is 13.2. The minimum atomic E-state index is -4.81. The van der Waals surface area contributed by atoms with Crippen molar-refractivity contribution in [3.63, 3.8) is 0 Å². The maximum absolute atomic E-state index is 12.8. The predicted molar refractivity (Wildman–Crippen MR) is 94.3 cm³/mol. The first kappa shape index (κ1) is 19.5. The Morgan fingerprint density at radius 2 is 1.89 bits per heavy atom. The number of hydrogen-bond donors (Lipinski definition) is 2. The van der Waals surface area contributed by atoms with Crippen LogP contribution in [0, 0.1) is 6.92 Å². The smallest absolute Gasteiger partial charge is 0.493 e. The van der Waals surface area contributed by atoms with Crippen LogP contribution in [0.2, 0.25) is 0 Å². The molecule has 0 fully saturated rings. The molecule has 148 valence electrons. The fourth-order valence-corrected chi connectivity index (χ4v) is 2.77. The highest BCUT2D eigenvalue weighted by Gasteiger charge is 2.31. The zero-order valence-corrected chi connectivity index (χ0v) is 14.8. The summed E-state index contributed by atoms with van der Waals surface area (Å²) in [7, 11) is 0. The minimum Gasteiger partial charge on any atom is -0.493 e. The third-order valence-corrected chi connectivity index (χ3v) is 4.12. The Morgan fingerprint density at radius 3 is 2.50 bits per heavy atom. The Kier molecular flexibility index (Phi) is 5.14. The van der Waals surface area contributed by atoms with E-state index in [0.717, 1.165) is 22.3 Å². The lowest BCUT2D eigenvalue weighted by Gasteiger charge is -2.09. The van der Waals surface area contributed by atoms with Crippen LogP contribution in [0.25, 0.3) is 5.69 Å². The zero-order chi connectivity index (χ0) is 20.5. The number of aromatic nitrogens is 3. The monoisotopic (exact) mass is 394 g/mol. The van der Waals surface area contributed by atoms with Crippen LogP contribution in [0.4, 0.5) is 13.2 Å². The quantitative estimate of drug-likeness (QED) is 0.693. The van der Waals surface area contributed by atoms with Crippen molar-refractivity contribution in [2.75, 3.05) is 0 Å². The van der Waals surface area contributed by atoms with E-state index in [2.05, 4.69) is 9.72 Å². The number of halogens is 3. The van der Waals surface area contributed by atoms with E-state index in [9.17, 15) is 23.1 Å². The second kappa shape index (κ2) is 7.39. The SMILES string of the molecule is Cc1c(O)n(-c2ccc(OC(F)(F)F)cc2)c(=O)n1Cc1ccnc(CN)c1. The van der Waals surface area contributed by atoms with Crippen molar-refractivity contribution in [2.24, 2.45) is 5.73 Å². The first-order valence-corrected chi connectivity index (χ1v) is 8.21. The summed E-state index contributed by atoms with van der Waals surface area (Å²) in [5.41, 5.74) is 6.98. The molecular formula is C18H17F3N4O3. The fraction of sp³-hybridized carbons (Fsp3) is 0.222. The second-order valence-electron chi connectivity index (χ2n) is 6.01. The van der Waals surface area contributed by atoms with E-state index in [1.54, 1.807) is 25.3 Å². The molecule has 0 saturated carbocycles. The molecule has 0 amide bonds. The number of nitrogens with zero attached hydrogens (tertiary/aromatic N) is 3. The van der Waals surface area contributed by atoms with Gasteiger partial charge in [-0.25, -0.2) is 9.36 Å². The van der Waals surface area contributed by atoms with Gasteiger partial charge >= 0.3 is 12.1 Å². The largest absolute Gasteiger partial charge is 0.573 e. The molecule has 7 nitrogen and oxygen atoms in total. The summed E-state index contributed by atoms with van der Waals surface area (Å²) in [4.78, 5) is 16.9. The third-order valence-electron chi connectivity index (χ3n) is 4.12. The molecule has 0 spiro atoms. The van der Waals surface area contributed by atoms with Crippen molar-refractivity contribution in [3.8, 4) is 17.3 Å². The van der Waals surface area contributed by atoms with Crippen molar-refractivity contribution in [2.45, 2.75) is 26.4 Å². The molecule has 10 heteroatoms. The number of aromatic hydroxyl groups is 1. The Bertz CT molecular complexity index is 1040. The molecule has 0 aliphatic rings. The maximum atomic E-state index is 12.8. The highest BCUT2D eigenvalue weighted by Crippen LogP contribution is 2.25. The van der Waals surface area contributed by atoms with Crippen molar-refractivity contribution in [1.29, 1.82) is 0 Å². The number of ether oxygens (including phenoxy) is 1. The van der Waals surface area contributed by atoms with E-state index in [-0.39, 0.29) is 24.7 Å². The summed E-state index contributed by atoms with van der Waals surface area (Å²) in [6.45, 7) is 2.00. The molecule has 0 aliphatic heterocycles. The Balaban J connectivity index is 1.95. The van der Waals surface area contributed by atoms with Crippen LogP contribution in [-0.4, -0.2) is 25.6 Å². The van der Waals surface area contributed by atoms with Crippen LogP contribution in [0.5, 0.6) is 11.6 Å². The van der Waals surface area contributed by atoms with Crippen LogP contribution in [0.1, 0.15) is 17.0 Å². The standard InChI is InChI=1S/C18H17F3N4O3/c1-11-16(26)25(14-2-4-15(5-3-14)28-18(19,20)21)17(27)24(11)10-12-6-7-23-13(8-12)9-22/h2-8,26H,9-10,22H2,1H3. The molecule has 28 heavy (non-hydrogen) atoms. The summed E-state index contributed by atoms with van der Waals surface area (Å²) in [5.74, 6) is -0.728. The number of pyridine rings is 1. The average Bonchev–Trinajstić information content (AvgIpc) is 2.85. The number of rotatable bonds is 5. The molecule has 0 bridgehead atoms. The highest BCUT2D eigenvalue weighted by molar-refractivity contribution is 5.41. The van der Waals surface area contributed by atoms with E-state index in [4.69, 9.17) is 5.73 Å². The number of nitrogens with two attached hydrogens (primary N) is 1. The van der Waals surface area contributed by atoms with Crippen molar-refractivity contribution in [1.82, 2.24) is 14.1 Å². The first-order valence-electron chi connectivity index (χ1n) is 8.21. The summed E-state index contributed by atoms with van der Waals surface area (Å²) >= 11 is 0. The molecular weight excluding hydrogens is 377 g/mol. The van der Waals surface area contributed by atoms with Crippen LogP contribution in [-0.2, 0) is 13.1 Å². The maximum Gasteiger partial charge on any atom is 0.573 e. The van der Waals surface area contributed by atoms with Gasteiger partial charge in [0.25, 0.3) is 0 Å². The molecule has 0 unspecified atom stereocenters. The van der Waals surface area contributed by atoms with E-state index in [1.165, 1.54) is 16.7 Å². The minimum absolute atomic E-state index is 0.177. The lowest BCUT2D eigenvalue weighted by Crippen LogP contribution is -2.24. The van der Waals surface area contributed by atoms with Gasteiger partial charge in [-0.15, -0.1) is 13.2 Å². The van der Waals surface area contributed by atoms with E-state index in [1.807, 2.05) is 0 Å². The number of imidazole rings is 1. The number of hydrogen-bond acceptors (Lipinski definition) is 5. The molecule has 0 radical (unpaired) electrons. The van der Waals surface area contributed by atoms with Gasteiger partial charge in [0.05, 0.1) is 23.6 Å². The van der Waals surface area contributed by atoms with Crippen LogP contribution < -0.4 is 16.2 Å². The van der Waals surface area contributed by atoms with E-state index in [0.29, 0.717) is 11.4 Å². The topological polar surface area (TPSA) is 95.3 Å². The predicted octanol–water partition coefficient (Wildman–Crippen LogP) is 2.45. The number of benzene rings is 1. The third kappa shape index (κ3) is 4.01. The zero-order valence-electron chi connectivity index (χ0n) is 14.8. The molecule has 1 aromatic carbocycles. The van der Waals surface area contributed by atoms with Gasteiger partial charge in [0.2, 0.25) is 5.88 Å². The summed E-state index contributed by atoms with van der Waals surface area (Å²) in [6, 6.07) is 8.12. The van der Waals surface area contributed by atoms with E-state index < -0.39 is 17.8 Å². The molecule has 2 heterocycles. The van der Waals surface area contributed by atoms with Gasteiger partial charge in [0.1, 0.15) is 5.75 Å². The normalized spacial score (nSPS) is 11.6. The lowest BCUT2D eigenvalue weighted by atomic mass is 10.2. The van der Waals surface area contributed by atoms with Gasteiger partial charge in [0.15, 0.2) is 0 Å². The Labute approximate surface area is 157 Å². The summed E-state index contributed by atoms with van der Waals surface area (Å²) in [6.07, 6.45) is -3.23. The second-order valence-corrected chi connectivity index (χ2v) is 6.01. The average molecular weight is 394 g/mol. The lowest BCUT2D eigenvalue weighted by molar-refractivity contribution is -0.274. The summed E-state index contributed by atoms with van der Waals surface area (Å²) in [5, 5.41) is 10.4. The molecule has 2 aromatic heterocycles. The van der Waals surface area contributed by atoms with E-state index >= 15 is 0 Å². The molecule has 3 aromatic rings. The summed E-state index contributed by atoms with van der Waals surface area (Å²) < 4.78 is 43.0. The van der Waals surface area contributed by atoms with Gasteiger partial charge in [0, 0.05) is 12.7 Å². The van der Waals surface area contributed by atoms with Gasteiger partial charge in [-0.3, -0.25) is 9.55 Å². The molecule has 3 N–H and O–H groups in total. The van der Waals surface area contributed by atoms with Crippen molar-refractivity contribution in [3.05, 3.63) is 70.0 Å². The van der Waals surface area contributed by atoms with Crippen LogP contribution in [0.15, 0.2) is 47.4 Å². The Hall–Kier alpha value is -3.27. The van der Waals surface area contributed by atoms with Crippen molar-refractivity contribution >= 4 is 0 Å². The molecule has 0 saturated heterocycles. The van der Waals surface area contributed by atoms with Gasteiger partial charge in [-0.05, 0) is 48.9 Å². The molecule has 0 aliphatic carbocycles. The number of alkyl halides is 3. The van der Waals surface area contributed by atoms with Crippen LogP contribution >= 0.6 is 0 Å². The fourth-order valence-electron chi connectivity index (χ4n) is 2.77. The van der Waals surface area contributed by atoms with Gasteiger partial charge in [-0.1, -0.05) is 0 Å². The molecule has 0 atom stereocenters. The van der Waals surface area contributed by atoms with Crippen LogP contribution in [0.3, 0.4) is 0 Å². The highest BCUT2D eigenvalue weighted by atomic mass is 19.4.